The van der Waals surface area contributed by atoms with Crippen LogP contribution in [0, 0.1) is 0 Å². The number of carbonyl (C=O) groups is 3. The lowest BCUT2D eigenvalue weighted by molar-refractivity contribution is 0.0696. The van der Waals surface area contributed by atoms with E-state index in [1.54, 1.807) is 6.92 Å². The van der Waals surface area contributed by atoms with Gasteiger partial charge in [-0.05, 0) is 18.6 Å². The van der Waals surface area contributed by atoms with Gasteiger partial charge in [0.1, 0.15) is 11.4 Å². The van der Waals surface area contributed by atoms with Crippen LogP contribution >= 0.6 is 11.6 Å². The highest BCUT2D eigenvalue weighted by atomic mass is 35.5. The summed E-state index contributed by atoms with van der Waals surface area (Å²) in [5.74, 6) is -2.29. The molecule has 138 valence electrons. The molecule has 9 heteroatoms. The molecule has 0 amide bonds. The molecule has 0 unspecified atom stereocenters. The van der Waals surface area contributed by atoms with E-state index in [4.69, 9.17) is 21.8 Å². The minimum Gasteiger partial charge on any atom is -0.478 e. The zero-order valence-corrected chi connectivity index (χ0v) is 14.6. The second-order valence-electron chi connectivity index (χ2n) is 4.74. The predicted molar refractivity (Wildman–Crippen MR) is 94.8 cm³/mol. The number of hydrogen-bond donors (Lipinski definition) is 3. The van der Waals surface area contributed by atoms with E-state index < -0.39 is 17.4 Å². The maximum atomic E-state index is 11.1. The quantitative estimate of drug-likeness (QED) is 0.650. The molecule has 0 aliphatic rings. The number of hydrogen-bond acceptors (Lipinski definition) is 6. The van der Waals surface area contributed by atoms with E-state index in [-0.39, 0.29) is 16.9 Å². The molecule has 2 aromatic rings. The smallest absolute Gasteiger partial charge is 0.403 e. The fourth-order valence-electron chi connectivity index (χ4n) is 1.78. The van der Waals surface area contributed by atoms with Crippen molar-refractivity contribution in [3.8, 4) is 0 Å². The molecule has 1 aromatic heterocycles. The van der Waals surface area contributed by atoms with E-state index in [9.17, 15) is 14.4 Å². The van der Waals surface area contributed by atoms with Gasteiger partial charge >= 0.3 is 17.4 Å². The van der Waals surface area contributed by atoms with Crippen molar-refractivity contribution in [1.29, 1.82) is 0 Å². The summed E-state index contributed by atoms with van der Waals surface area (Å²) < 4.78 is 4.17. The van der Waals surface area contributed by atoms with Crippen LogP contribution in [-0.4, -0.2) is 39.2 Å². The van der Waals surface area contributed by atoms with Crippen LogP contribution in [0.5, 0.6) is 0 Å². The predicted octanol–water partition coefficient (Wildman–Crippen LogP) is 3.47. The zero-order valence-electron chi connectivity index (χ0n) is 13.8. The van der Waals surface area contributed by atoms with Gasteiger partial charge in [0.15, 0.2) is 0 Å². The minimum absolute atomic E-state index is 0.145. The second kappa shape index (κ2) is 10.7. The highest BCUT2D eigenvalue weighted by molar-refractivity contribution is 6.61. The van der Waals surface area contributed by atoms with Gasteiger partial charge in [-0.15, -0.1) is 0 Å². The van der Waals surface area contributed by atoms with E-state index in [0.717, 1.165) is 17.8 Å². The van der Waals surface area contributed by atoms with Crippen LogP contribution in [0.15, 0.2) is 42.6 Å². The number of rotatable bonds is 6. The summed E-state index contributed by atoms with van der Waals surface area (Å²) in [4.78, 5) is 35.4. The first kappa shape index (κ1) is 20.9. The van der Waals surface area contributed by atoms with Crippen molar-refractivity contribution in [3.63, 3.8) is 0 Å². The Hall–Kier alpha value is -3.13. The first-order valence-corrected chi connectivity index (χ1v) is 7.79. The maximum Gasteiger partial charge on any atom is 0.403 e. The molecule has 2 rings (SSSR count). The average Bonchev–Trinajstić information content (AvgIpc) is 2.61. The van der Waals surface area contributed by atoms with Crippen LogP contribution in [0.1, 0.15) is 33.2 Å². The van der Waals surface area contributed by atoms with Gasteiger partial charge < -0.3 is 20.3 Å². The molecule has 3 N–H and O–H groups in total. The van der Waals surface area contributed by atoms with Crippen LogP contribution in [0.2, 0.25) is 0 Å². The van der Waals surface area contributed by atoms with E-state index in [2.05, 4.69) is 15.0 Å². The molecule has 0 bridgehead atoms. The third-order valence-corrected chi connectivity index (χ3v) is 3.03. The number of carboxylic acids is 2. The van der Waals surface area contributed by atoms with E-state index >= 15 is 0 Å². The van der Waals surface area contributed by atoms with Crippen LogP contribution in [0.25, 0.3) is 0 Å². The summed E-state index contributed by atoms with van der Waals surface area (Å²) in [6, 6.07) is 10.5. The van der Waals surface area contributed by atoms with Gasteiger partial charge in [0.25, 0.3) is 0 Å². The summed E-state index contributed by atoms with van der Waals surface area (Å²) in [5, 5.41) is 20.8. The van der Waals surface area contributed by atoms with Crippen molar-refractivity contribution in [2.24, 2.45) is 0 Å². The molecule has 8 nitrogen and oxygen atoms in total. The Labute approximate surface area is 154 Å². The number of benzene rings is 1. The highest BCUT2D eigenvalue weighted by Gasteiger charge is 2.15. The van der Waals surface area contributed by atoms with Crippen molar-refractivity contribution in [2.45, 2.75) is 13.5 Å². The first-order chi connectivity index (χ1) is 12.3. The number of nitrogens with one attached hydrogen (secondary N) is 1. The number of aromatic carboxylic acids is 2. The summed E-state index contributed by atoms with van der Waals surface area (Å²) in [7, 11) is 0. The molecule has 0 fully saturated rings. The third kappa shape index (κ3) is 7.18. The van der Waals surface area contributed by atoms with Crippen LogP contribution in [-0.2, 0) is 11.3 Å². The first-order valence-electron chi connectivity index (χ1n) is 7.41. The Morgan fingerprint density at radius 3 is 2.27 bits per heavy atom. The van der Waals surface area contributed by atoms with Gasteiger partial charge in [-0.25, -0.2) is 19.4 Å². The molecule has 0 saturated carbocycles. The third-order valence-electron chi connectivity index (χ3n) is 2.93. The molecule has 0 radical (unpaired) electrons. The number of carboxylic acid groups (broad SMARTS) is 2. The Kier molecular flexibility index (Phi) is 8.59. The fraction of sp³-hybridized carbons (Fsp3) is 0.176. The van der Waals surface area contributed by atoms with Gasteiger partial charge in [-0.2, -0.15) is 0 Å². The Morgan fingerprint density at radius 1 is 1.15 bits per heavy atom. The Balaban J connectivity index is 0.000000487. The molecule has 0 spiro atoms. The number of carbonyl (C=O) groups excluding carboxylic acids is 1. The molecule has 1 heterocycles. The number of anilines is 1. The van der Waals surface area contributed by atoms with Crippen molar-refractivity contribution < 1.29 is 29.3 Å². The van der Waals surface area contributed by atoms with Crippen molar-refractivity contribution in [2.75, 3.05) is 11.9 Å². The lowest BCUT2D eigenvalue weighted by Gasteiger charge is -2.09. The van der Waals surface area contributed by atoms with Crippen molar-refractivity contribution in [1.82, 2.24) is 4.98 Å². The monoisotopic (exact) mass is 380 g/mol. The Morgan fingerprint density at radius 2 is 1.81 bits per heavy atom. The lowest BCUT2D eigenvalue weighted by atomic mass is 10.1. The van der Waals surface area contributed by atoms with Gasteiger partial charge in [0, 0.05) is 24.3 Å². The minimum atomic E-state index is -1.23. The maximum absolute atomic E-state index is 11.1. The molecular weight excluding hydrogens is 364 g/mol. The topological polar surface area (TPSA) is 126 Å². The van der Waals surface area contributed by atoms with Gasteiger partial charge in [-0.1, -0.05) is 30.3 Å². The zero-order chi connectivity index (χ0) is 19.5. The van der Waals surface area contributed by atoms with Crippen molar-refractivity contribution in [3.05, 3.63) is 59.3 Å². The van der Waals surface area contributed by atoms with Crippen molar-refractivity contribution >= 4 is 34.8 Å². The number of pyridine rings is 1. The van der Waals surface area contributed by atoms with E-state index in [1.165, 1.54) is 0 Å². The SMILES string of the molecule is CCOC(=O)Cl.O=C(O)c1cnc(NCc2ccccc2)c(C(=O)O)c1. The molecule has 0 saturated heterocycles. The number of aromatic nitrogens is 1. The number of halogens is 1. The number of ether oxygens (including phenoxy) is 1. The van der Waals surface area contributed by atoms with E-state index in [0.29, 0.717) is 13.2 Å². The lowest BCUT2D eigenvalue weighted by Crippen LogP contribution is -2.10. The number of nitrogens with zero attached hydrogens (tertiary/aromatic N) is 1. The second-order valence-corrected chi connectivity index (χ2v) is 5.05. The average molecular weight is 381 g/mol. The van der Waals surface area contributed by atoms with Crippen LogP contribution in [0.4, 0.5) is 10.6 Å². The van der Waals surface area contributed by atoms with E-state index in [1.807, 2.05) is 30.3 Å². The van der Waals surface area contributed by atoms with Gasteiger partial charge in [0.05, 0.1) is 12.2 Å². The summed E-state index contributed by atoms with van der Waals surface area (Å²) >= 11 is 4.72. The highest BCUT2D eigenvalue weighted by Crippen LogP contribution is 2.15. The van der Waals surface area contributed by atoms with Crippen LogP contribution in [0.3, 0.4) is 0 Å². The van der Waals surface area contributed by atoms with Gasteiger partial charge in [0.2, 0.25) is 0 Å². The summed E-state index contributed by atoms with van der Waals surface area (Å²) in [5.41, 5.74) is -0.0982. The molecule has 26 heavy (non-hydrogen) atoms. The summed E-state index contributed by atoms with van der Waals surface area (Å²) in [6.07, 6.45) is 1.13. The van der Waals surface area contributed by atoms with Crippen LogP contribution < -0.4 is 5.32 Å². The van der Waals surface area contributed by atoms with Gasteiger partial charge in [-0.3, -0.25) is 0 Å². The Bertz CT molecular complexity index is 767. The fourth-order valence-corrected chi connectivity index (χ4v) is 1.89. The largest absolute Gasteiger partial charge is 0.478 e. The molecule has 0 aliphatic carbocycles. The standard InChI is InChI=1S/C14H12N2O4.C3H5ClO2/c17-13(18)10-6-11(14(19)20)12(16-8-10)15-7-9-4-2-1-3-5-9;1-2-6-3(4)5/h1-6,8H,7H2,(H,15,16)(H,17,18)(H,19,20);2H2,1H3. The molecular formula is C17H17ClN2O6. The normalized spacial score (nSPS) is 9.46. The summed E-state index contributed by atoms with van der Waals surface area (Å²) in [6.45, 7) is 2.45. The molecule has 0 atom stereocenters. The molecule has 1 aromatic carbocycles. The molecule has 0 aliphatic heterocycles.